The van der Waals surface area contributed by atoms with Gasteiger partial charge in [-0.25, -0.2) is 4.79 Å². The molecule has 3 aromatic carbocycles. The molecule has 1 N–H and O–H groups in total. The molecule has 4 unspecified atom stereocenters. The lowest BCUT2D eigenvalue weighted by Crippen LogP contribution is -2.25. The second-order valence-corrected chi connectivity index (χ2v) is 12.4. The van der Waals surface area contributed by atoms with Gasteiger partial charge in [-0.3, -0.25) is 0 Å². The molecule has 0 radical (unpaired) electrons. The van der Waals surface area contributed by atoms with Gasteiger partial charge in [-0.15, -0.1) is 0 Å². The maximum Gasteiger partial charge on any atom is 0.514 e. The largest absolute Gasteiger partial charge is 0.514 e. The molecule has 0 spiro atoms. The highest BCUT2D eigenvalue weighted by Gasteiger charge is 2.23. The van der Waals surface area contributed by atoms with Crippen LogP contribution in [-0.2, 0) is 9.47 Å². The van der Waals surface area contributed by atoms with Crippen LogP contribution in [-0.4, -0.2) is 29.8 Å². The highest BCUT2D eigenvalue weighted by Crippen LogP contribution is 2.39. The Hall–Kier alpha value is -3.51. The molecule has 6 nitrogen and oxygen atoms in total. The fourth-order valence-electron chi connectivity index (χ4n) is 5.23. The molecule has 0 heterocycles. The molecule has 0 aliphatic rings. The second-order valence-electron chi connectivity index (χ2n) is 12.4. The number of benzene rings is 3. The molecule has 0 aromatic heterocycles. The summed E-state index contributed by atoms with van der Waals surface area (Å²) in [5, 5.41) is 9.78. The molecule has 0 fully saturated rings. The first-order chi connectivity index (χ1) is 20.5. The summed E-state index contributed by atoms with van der Waals surface area (Å²) in [7, 11) is 0. The van der Waals surface area contributed by atoms with Crippen molar-refractivity contribution in [2.45, 2.75) is 110 Å². The fourth-order valence-corrected chi connectivity index (χ4v) is 5.23. The molecule has 234 valence electrons. The van der Waals surface area contributed by atoms with E-state index in [0.717, 1.165) is 37.9 Å². The minimum atomic E-state index is -0.710. The summed E-state index contributed by atoms with van der Waals surface area (Å²) in [4.78, 5) is 12.2. The molecule has 0 aliphatic carbocycles. The van der Waals surface area contributed by atoms with E-state index in [1.165, 1.54) is 16.7 Å². The molecule has 3 rings (SSSR count). The molecule has 0 amide bonds. The summed E-state index contributed by atoms with van der Waals surface area (Å²) in [6.45, 7) is 14.7. The van der Waals surface area contributed by atoms with E-state index in [1.54, 1.807) is 12.1 Å². The van der Waals surface area contributed by atoms with Gasteiger partial charge in [0.1, 0.15) is 22.8 Å². The molecule has 4 atom stereocenters. The van der Waals surface area contributed by atoms with E-state index in [4.69, 9.17) is 18.9 Å². The molecular weight excluding hydrogens is 540 g/mol. The number of phenolic OH excluding ortho intramolecular Hbond substituents is 1. The highest BCUT2D eigenvalue weighted by atomic mass is 16.7. The number of rotatable bonds is 15. The highest BCUT2D eigenvalue weighted by molar-refractivity contribution is 5.64. The first kappa shape index (κ1) is 34.0. The summed E-state index contributed by atoms with van der Waals surface area (Å²) >= 11 is 0. The van der Waals surface area contributed by atoms with E-state index in [2.05, 4.69) is 45.0 Å². The quantitative estimate of drug-likeness (QED) is 0.0821. The van der Waals surface area contributed by atoms with E-state index < -0.39 is 11.8 Å². The SMILES string of the molecule is CCCCOC(C)Oc1ccc(C(CC)CC(CC(C)c2ccc(O)cc2)c2ccc(OC(=O)OC(C)(C)C)cc2)cc1. The van der Waals surface area contributed by atoms with E-state index >= 15 is 0 Å². The average molecular weight is 591 g/mol. The smallest absolute Gasteiger partial charge is 0.508 e. The Morgan fingerprint density at radius 1 is 0.767 bits per heavy atom. The lowest BCUT2D eigenvalue weighted by Gasteiger charge is -2.27. The monoisotopic (exact) mass is 590 g/mol. The predicted molar refractivity (Wildman–Crippen MR) is 172 cm³/mol. The maximum absolute atomic E-state index is 12.2. The van der Waals surface area contributed by atoms with Gasteiger partial charge in [0, 0.05) is 0 Å². The molecule has 6 heteroatoms. The number of hydrogen-bond donors (Lipinski definition) is 1. The Kier molecular flexibility index (Phi) is 12.9. The van der Waals surface area contributed by atoms with Crippen LogP contribution in [0.25, 0.3) is 0 Å². The van der Waals surface area contributed by atoms with Crippen molar-refractivity contribution >= 4 is 6.16 Å². The topological polar surface area (TPSA) is 74.2 Å². The van der Waals surface area contributed by atoms with Crippen LogP contribution in [0.2, 0.25) is 0 Å². The van der Waals surface area contributed by atoms with Crippen LogP contribution in [0.15, 0.2) is 72.8 Å². The third-order valence-corrected chi connectivity index (χ3v) is 7.61. The standard InChI is InChI=1S/C37H50O6/c1-8-10-23-40-27(4)41-34-19-13-30(14-20-34)28(9-2)25-32(24-26(3)29-11-17-33(38)18-12-29)31-15-21-35(22-16-31)42-36(39)43-37(5,6)7/h11-22,26-28,32,38H,8-10,23-25H2,1-7H3. The Labute approximate surface area is 258 Å². The van der Waals surface area contributed by atoms with Gasteiger partial charge in [-0.05, 0) is 124 Å². The van der Waals surface area contributed by atoms with E-state index in [1.807, 2.05) is 64.1 Å². The van der Waals surface area contributed by atoms with E-state index in [9.17, 15) is 9.90 Å². The van der Waals surface area contributed by atoms with Crippen molar-refractivity contribution < 1.29 is 28.8 Å². The van der Waals surface area contributed by atoms with Crippen molar-refractivity contribution in [1.82, 2.24) is 0 Å². The Morgan fingerprint density at radius 3 is 1.88 bits per heavy atom. The molecule has 0 bridgehead atoms. The summed E-state index contributed by atoms with van der Waals surface area (Å²) in [6, 6.07) is 23.7. The zero-order valence-electron chi connectivity index (χ0n) is 27.0. The van der Waals surface area contributed by atoms with Gasteiger partial charge in [-0.2, -0.15) is 0 Å². The average Bonchev–Trinajstić information content (AvgIpc) is 2.95. The van der Waals surface area contributed by atoms with Gasteiger partial charge >= 0.3 is 6.16 Å². The minimum Gasteiger partial charge on any atom is -0.508 e. The predicted octanol–water partition coefficient (Wildman–Crippen LogP) is 10.1. The number of ether oxygens (including phenoxy) is 4. The first-order valence-electron chi connectivity index (χ1n) is 15.6. The van der Waals surface area contributed by atoms with Gasteiger partial charge < -0.3 is 24.1 Å². The maximum atomic E-state index is 12.2. The van der Waals surface area contributed by atoms with E-state index in [0.29, 0.717) is 18.3 Å². The van der Waals surface area contributed by atoms with Gasteiger partial charge in [0.25, 0.3) is 0 Å². The first-order valence-corrected chi connectivity index (χ1v) is 15.6. The van der Waals surface area contributed by atoms with Crippen molar-refractivity contribution in [3.05, 3.63) is 89.5 Å². The van der Waals surface area contributed by atoms with Crippen LogP contribution in [0.4, 0.5) is 4.79 Å². The number of aromatic hydroxyl groups is 1. The number of carbonyl (C=O) groups is 1. The summed E-state index contributed by atoms with van der Waals surface area (Å²) < 4.78 is 22.4. The van der Waals surface area contributed by atoms with E-state index in [-0.39, 0.29) is 23.9 Å². The summed E-state index contributed by atoms with van der Waals surface area (Å²) in [5.74, 6) is 2.42. The van der Waals surface area contributed by atoms with Crippen molar-refractivity contribution in [3.8, 4) is 17.2 Å². The van der Waals surface area contributed by atoms with Gasteiger partial charge in [0.2, 0.25) is 0 Å². The molecule has 43 heavy (non-hydrogen) atoms. The number of hydrogen-bond acceptors (Lipinski definition) is 6. The van der Waals surface area contributed by atoms with Crippen LogP contribution in [0, 0.1) is 0 Å². The number of unbranched alkanes of at least 4 members (excludes halogenated alkanes) is 1. The lowest BCUT2D eigenvalue weighted by molar-refractivity contribution is -0.0673. The van der Waals surface area contributed by atoms with Crippen molar-refractivity contribution in [1.29, 1.82) is 0 Å². The Morgan fingerprint density at radius 2 is 1.33 bits per heavy atom. The summed E-state index contributed by atoms with van der Waals surface area (Å²) in [5.41, 5.74) is 3.05. The molecule has 0 saturated carbocycles. The van der Waals surface area contributed by atoms with Crippen molar-refractivity contribution in [3.63, 3.8) is 0 Å². The fraction of sp³-hybridized carbons (Fsp3) is 0.486. The second kappa shape index (κ2) is 16.4. The third-order valence-electron chi connectivity index (χ3n) is 7.61. The third kappa shape index (κ3) is 11.6. The van der Waals surface area contributed by atoms with Crippen molar-refractivity contribution in [2.24, 2.45) is 0 Å². The molecule has 0 aliphatic heterocycles. The van der Waals surface area contributed by atoms with Crippen molar-refractivity contribution in [2.75, 3.05) is 6.61 Å². The van der Waals surface area contributed by atoms with Crippen LogP contribution in [0.1, 0.15) is 115 Å². The van der Waals surface area contributed by atoms with Gasteiger partial charge in [0.05, 0.1) is 6.61 Å². The van der Waals surface area contributed by atoms with Crippen LogP contribution in [0.3, 0.4) is 0 Å². The Balaban J connectivity index is 1.77. The molecule has 0 saturated heterocycles. The minimum absolute atomic E-state index is 0.257. The zero-order valence-corrected chi connectivity index (χ0v) is 27.0. The normalized spacial score (nSPS) is 14.4. The molecule has 3 aromatic rings. The van der Waals surface area contributed by atoms with Crippen LogP contribution < -0.4 is 9.47 Å². The molecular formula is C37H50O6. The van der Waals surface area contributed by atoms with Gasteiger partial charge in [0.15, 0.2) is 6.29 Å². The zero-order chi connectivity index (χ0) is 31.4. The lowest BCUT2D eigenvalue weighted by atomic mass is 9.78. The van der Waals surface area contributed by atoms with Crippen LogP contribution >= 0.6 is 0 Å². The number of carbonyl (C=O) groups excluding carboxylic acids is 1. The van der Waals surface area contributed by atoms with Crippen LogP contribution in [0.5, 0.6) is 17.2 Å². The summed E-state index contributed by atoms with van der Waals surface area (Å²) in [6.07, 6.45) is 4.02. The van der Waals surface area contributed by atoms with Gasteiger partial charge in [-0.1, -0.05) is 63.6 Å². The number of phenols is 1. The Bertz CT molecular complexity index is 1230.